The third-order valence-corrected chi connectivity index (χ3v) is 4.84. The van der Waals surface area contributed by atoms with Crippen molar-refractivity contribution in [2.75, 3.05) is 10.6 Å². The molecule has 0 unspecified atom stereocenters. The number of rotatable bonds is 5. The van der Waals surface area contributed by atoms with E-state index in [4.69, 9.17) is 0 Å². The minimum absolute atomic E-state index is 0.236. The van der Waals surface area contributed by atoms with Gasteiger partial charge in [0, 0.05) is 35.8 Å². The van der Waals surface area contributed by atoms with Crippen molar-refractivity contribution >= 4 is 39.0 Å². The van der Waals surface area contributed by atoms with Crippen molar-refractivity contribution in [3.63, 3.8) is 0 Å². The van der Waals surface area contributed by atoms with Crippen LogP contribution in [0.2, 0.25) is 0 Å². The second kappa shape index (κ2) is 7.28. The fourth-order valence-corrected chi connectivity index (χ4v) is 3.58. The van der Waals surface area contributed by atoms with Gasteiger partial charge in [0.05, 0.1) is 20.9 Å². The SMILES string of the molecule is Cc1nc2cc(Nc3cc(-c4ccncc4)nc(NC(C)C)n3)ccc2s1. The van der Waals surface area contributed by atoms with Gasteiger partial charge in [-0.1, -0.05) is 0 Å². The van der Waals surface area contributed by atoms with Crippen LogP contribution in [0.25, 0.3) is 21.5 Å². The Labute approximate surface area is 161 Å². The molecule has 3 heterocycles. The summed E-state index contributed by atoms with van der Waals surface area (Å²) in [5, 5.41) is 7.74. The monoisotopic (exact) mass is 376 g/mol. The summed E-state index contributed by atoms with van der Waals surface area (Å²) in [4.78, 5) is 17.9. The van der Waals surface area contributed by atoms with Crippen molar-refractivity contribution in [3.05, 3.63) is 53.8 Å². The van der Waals surface area contributed by atoms with Crippen LogP contribution in [0.4, 0.5) is 17.5 Å². The largest absolute Gasteiger partial charge is 0.352 e. The van der Waals surface area contributed by atoms with Crippen LogP contribution in [0.3, 0.4) is 0 Å². The number of aromatic nitrogens is 4. The highest BCUT2D eigenvalue weighted by Gasteiger charge is 2.09. The molecule has 0 radical (unpaired) electrons. The van der Waals surface area contributed by atoms with Gasteiger partial charge in [-0.3, -0.25) is 4.98 Å². The van der Waals surface area contributed by atoms with Crippen molar-refractivity contribution < 1.29 is 0 Å². The van der Waals surface area contributed by atoms with Crippen molar-refractivity contribution in [2.24, 2.45) is 0 Å². The Kier molecular flexibility index (Phi) is 4.68. The average Bonchev–Trinajstić information content (AvgIpc) is 3.01. The fraction of sp³-hybridized carbons (Fsp3) is 0.200. The number of anilines is 3. The Balaban J connectivity index is 1.71. The highest BCUT2D eigenvalue weighted by atomic mass is 32.1. The summed E-state index contributed by atoms with van der Waals surface area (Å²) in [5.74, 6) is 1.32. The van der Waals surface area contributed by atoms with Crippen LogP contribution in [-0.2, 0) is 0 Å². The molecule has 0 fully saturated rings. The van der Waals surface area contributed by atoms with Gasteiger partial charge in [0.15, 0.2) is 0 Å². The first kappa shape index (κ1) is 17.4. The quantitative estimate of drug-likeness (QED) is 0.509. The van der Waals surface area contributed by atoms with Gasteiger partial charge in [0.1, 0.15) is 5.82 Å². The number of benzene rings is 1. The maximum Gasteiger partial charge on any atom is 0.225 e. The van der Waals surface area contributed by atoms with E-state index < -0.39 is 0 Å². The zero-order chi connectivity index (χ0) is 18.8. The molecule has 27 heavy (non-hydrogen) atoms. The zero-order valence-corrected chi connectivity index (χ0v) is 16.2. The Morgan fingerprint density at radius 2 is 1.78 bits per heavy atom. The van der Waals surface area contributed by atoms with Gasteiger partial charge in [-0.25, -0.2) is 9.97 Å². The van der Waals surface area contributed by atoms with E-state index in [2.05, 4.69) is 50.5 Å². The Bertz CT molecular complexity index is 1070. The summed E-state index contributed by atoms with van der Waals surface area (Å²) >= 11 is 1.70. The van der Waals surface area contributed by atoms with E-state index in [0.717, 1.165) is 33.3 Å². The van der Waals surface area contributed by atoms with Crippen LogP contribution in [0.1, 0.15) is 18.9 Å². The molecular weight excluding hydrogens is 356 g/mol. The van der Waals surface area contributed by atoms with Crippen molar-refractivity contribution in [1.82, 2.24) is 19.9 Å². The van der Waals surface area contributed by atoms with E-state index >= 15 is 0 Å². The summed E-state index contributed by atoms with van der Waals surface area (Å²) in [6.07, 6.45) is 3.52. The number of hydrogen-bond acceptors (Lipinski definition) is 7. The zero-order valence-electron chi connectivity index (χ0n) is 15.4. The Hall–Kier alpha value is -3.06. The van der Waals surface area contributed by atoms with Crippen LogP contribution in [-0.4, -0.2) is 26.0 Å². The van der Waals surface area contributed by atoms with E-state index in [1.807, 2.05) is 37.3 Å². The lowest BCUT2D eigenvalue weighted by Gasteiger charge is -2.13. The minimum Gasteiger partial charge on any atom is -0.352 e. The molecule has 0 saturated heterocycles. The molecule has 0 saturated carbocycles. The first-order chi connectivity index (χ1) is 13.1. The van der Waals surface area contributed by atoms with Crippen molar-refractivity contribution in [3.8, 4) is 11.3 Å². The standard InChI is InChI=1S/C20H20N6S/c1-12(2)22-20-25-16(14-6-8-21-9-7-14)11-19(26-20)24-15-4-5-18-17(10-15)23-13(3)27-18/h4-12H,1-3H3,(H2,22,24,25,26). The molecule has 2 N–H and O–H groups in total. The van der Waals surface area contributed by atoms with Gasteiger partial charge >= 0.3 is 0 Å². The van der Waals surface area contributed by atoms with Crippen LogP contribution in [0.5, 0.6) is 0 Å². The number of pyridine rings is 1. The number of hydrogen-bond donors (Lipinski definition) is 2. The maximum atomic E-state index is 4.64. The van der Waals surface area contributed by atoms with Crippen LogP contribution in [0.15, 0.2) is 48.8 Å². The molecule has 0 aliphatic carbocycles. The molecule has 0 amide bonds. The minimum atomic E-state index is 0.236. The first-order valence-electron chi connectivity index (χ1n) is 8.77. The van der Waals surface area contributed by atoms with Gasteiger partial charge in [0.2, 0.25) is 5.95 Å². The highest BCUT2D eigenvalue weighted by molar-refractivity contribution is 7.18. The van der Waals surface area contributed by atoms with E-state index in [-0.39, 0.29) is 6.04 Å². The maximum absolute atomic E-state index is 4.64. The molecule has 7 heteroatoms. The van der Waals surface area contributed by atoms with Crippen molar-refractivity contribution in [1.29, 1.82) is 0 Å². The third-order valence-electron chi connectivity index (χ3n) is 3.89. The summed E-state index contributed by atoms with van der Waals surface area (Å²) < 4.78 is 1.18. The van der Waals surface area contributed by atoms with Gasteiger partial charge in [0.25, 0.3) is 0 Å². The smallest absolute Gasteiger partial charge is 0.225 e. The molecule has 136 valence electrons. The van der Waals surface area contributed by atoms with Crippen LogP contribution < -0.4 is 10.6 Å². The number of nitrogens with zero attached hydrogens (tertiary/aromatic N) is 4. The number of fused-ring (bicyclic) bond motifs is 1. The Morgan fingerprint density at radius 3 is 2.56 bits per heavy atom. The average molecular weight is 376 g/mol. The van der Waals surface area contributed by atoms with Crippen molar-refractivity contribution in [2.45, 2.75) is 26.8 Å². The molecule has 0 aliphatic heterocycles. The van der Waals surface area contributed by atoms with Gasteiger partial charge < -0.3 is 10.6 Å². The normalized spacial score (nSPS) is 11.1. The fourth-order valence-electron chi connectivity index (χ4n) is 2.77. The first-order valence-corrected chi connectivity index (χ1v) is 9.59. The van der Waals surface area contributed by atoms with Crippen LogP contribution in [0, 0.1) is 6.92 Å². The Morgan fingerprint density at radius 1 is 0.963 bits per heavy atom. The molecule has 4 rings (SSSR count). The molecule has 0 atom stereocenters. The summed E-state index contributed by atoms with van der Waals surface area (Å²) in [6, 6.07) is 12.2. The molecule has 0 aliphatic rings. The van der Waals surface area contributed by atoms with Gasteiger partial charge in [-0.15, -0.1) is 11.3 Å². The summed E-state index contributed by atoms with van der Waals surface area (Å²) in [7, 11) is 0. The molecular formula is C20H20N6S. The van der Waals surface area contributed by atoms with E-state index in [0.29, 0.717) is 5.95 Å². The second-order valence-corrected chi connectivity index (χ2v) is 7.77. The molecule has 0 spiro atoms. The molecule has 0 bridgehead atoms. The highest BCUT2D eigenvalue weighted by Crippen LogP contribution is 2.27. The topological polar surface area (TPSA) is 75.6 Å². The molecule has 1 aromatic carbocycles. The van der Waals surface area contributed by atoms with Gasteiger partial charge in [-0.05, 0) is 51.1 Å². The molecule has 3 aromatic heterocycles. The van der Waals surface area contributed by atoms with Crippen LogP contribution >= 0.6 is 11.3 Å². The number of aryl methyl sites for hydroxylation is 1. The summed E-state index contributed by atoms with van der Waals surface area (Å²) in [5.41, 5.74) is 3.77. The molecule has 6 nitrogen and oxygen atoms in total. The van der Waals surface area contributed by atoms with E-state index in [1.165, 1.54) is 4.70 Å². The number of thiazole rings is 1. The number of nitrogens with one attached hydrogen (secondary N) is 2. The lowest BCUT2D eigenvalue weighted by atomic mass is 10.2. The lowest BCUT2D eigenvalue weighted by Crippen LogP contribution is -2.13. The summed E-state index contributed by atoms with van der Waals surface area (Å²) in [6.45, 7) is 6.15. The van der Waals surface area contributed by atoms with E-state index in [1.54, 1.807) is 23.7 Å². The predicted octanol–water partition coefficient (Wildman–Crippen LogP) is 5.02. The predicted molar refractivity (Wildman–Crippen MR) is 112 cm³/mol. The lowest BCUT2D eigenvalue weighted by molar-refractivity contribution is 0.876. The van der Waals surface area contributed by atoms with E-state index in [9.17, 15) is 0 Å². The third kappa shape index (κ3) is 4.03. The molecule has 4 aromatic rings. The van der Waals surface area contributed by atoms with Gasteiger partial charge in [-0.2, -0.15) is 4.98 Å². The second-order valence-electron chi connectivity index (χ2n) is 6.54.